The van der Waals surface area contributed by atoms with E-state index in [4.69, 9.17) is 11.6 Å². The van der Waals surface area contributed by atoms with Gasteiger partial charge >= 0.3 is 0 Å². The molecule has 0 spiro atoms. The third-order valence-corrected chi connectivity index (χ3v) is 6.64. The molecule has 0 aromatic carbocycles. The Bertz CT molecular complexity index is 927. The van der Waals surface area contributed by atoms with E-state index in [1.54, 1.807) is 17.7 Å². The molecule has 1 aliphatic carbocycles. The van der Waals surface area contributed by atoms with E-state index in [0.717, 1.165) is 62.3 Å². The summed E-state index contributed by atoms with van der Waals surface area (Å²) in [5.41, 5.74) is 3.89. The number of piperazine rings is 1. The van der Waals surface area contributed by atoms with Crippen molar-refractivity contribution in [3.63, 3.8) is 0 Å². The van der Waals surface area contributed by atoms with Crippen LogP contribution in [0.5, 0.6) is 0 Å². The Morgan fingerprint density at radius 2 is 2.00 bits per heavy atom. The minimum absolute atomic E-state index is 0. The fraction of sp³-hybridized carbons (Fsp3) is 0.500. The third kappa shape index (κ3) is 2.93. The Morgan fingerprint density at radius 1 is 1.15 bits per heavy atom. The lowest BCUT2D eigenvalue weighted by Gasteiger charge is -2.27. The molecule has 1 N–H and O–H groups in total. The van der Waals surface area contributed by atoms with Gasteiger partial charge in [-0.2, -0.15) is 5.10 Å². The van der Waals surface area contributed by atoms with Gasteiger partial charge < -0.3 is 5.32 Å². The maximum atomic E-state index is 6.33. The van der Waals surface area contributed by atoms with Crippen LogP contribution in [0.15, 0.2) is 12.5 Å². The summed E-state index contributed by atoms with van der Waals surface area (Å²) >= 11 is 8.04. The highest BCUT2D eigenvalue weighted by Gasteiger charge is 2.26. The van der Waals surface area contributed by atoms with Crippen molar-refractivity contribution in [3.8, 4) is 10.4 Å². The summed E-state index contributed by atoms with van der Waals surface area (Å²) in [7, 11) is 0. The van der Waals surface area contributed by atoms with E-state index in [-0.39, 0.29) is 7.43 Å². The lowest BCUT2D eigenvalue weighted by atomic mass is 9.95. The Morgan fingerprint density at radius 3 is 2.85 bits per heavy atom. The molecule has 0 unspecified atom stereocenters. The highest BCUT2D eigenvalue weighted by Crippen LogP contribution is 2.44. The van der Waals surface area contributed by atoms with Gasteiger partial charge in [0.25, 0.3) is 0 Å². The molecule has 3 aromatic rings. The van der Waals surface area contributed by atoms with Crippen LogP contribution in [0.1, 0.15) is 18.7 Å². The molecule has 5 rings (SSSR count). The van der Waals surface area contributed by atoms with E-state index in [2.05, 4.69) is 30.0 Å². The minimum atomic E-state index is 0. The number of hydrogen-bond acceptors (Lipinski definition) is 6. The van der Waals surface area contributed by atoms with Gasteiger partial charge in [0, 0.05) is 48.9 Å². The Hall–Kier alpha value is -1.54. The first kappa shape index (κ1) is 17.9. The van der Waals surface area contributed by atoms with E-state index < -0.39 is 0 Å². The summed E-state index contributed by atoms with van der Waals surface area (Å²) in [4.78, 5) is 13.3. The summed E-state index contributed by atoms with van der Waals surface area (Å²) in [6.45, 7) is 6.44. The van der Waals surface area contributed by atoms with Crippen LogP contribution in [0.25, 0.3) is 20.7 Å². The number of fused-ring (bicyclic) bond motifs is 5. The summed E-state index contributed by atoms with van der Waals surface area (Å²) < 4.78 is 2.19. The third-order valence-electron chi connectivity index (χ3n) is 5.18. The Balaban J connectivity index is 0.00000168. The second-order valence-corrected chi connectivity index (χ2v) is 7.93. The van der Waals surface area contributed by atoms with E-state index in [9.17, 15) is 0 Å². The van der Waals surface area contributed by atoms with Crippen molar-refractivity contribution in [1.29, 1.82) is 0 Å². The number of thiophene rings is 1. The summed E-state index contributed by atoms with van der Waals surface area (Å²) in [6, 6.07) is 0. The van der Waals surface area contributed by atoms with Crippen molar-refractivity contribution >= 4 is 33.2 Å². The first-order chi connectivity index (χ1) is 12.3. The second kappa shape index (κ2) is 7.23. The van der Waals surface area contributed by atoms with Crippen molar-refractivity contribution in [3.05, 3.63) is 28.9 Å². The molecule has 138 valence electrons. The maximum Gasteiger partial charge on any atom is 0.141 e. The van der Waals surface area contributed by atoms with Crippen LogP contribution in [0.4, 0.5) is 0 Å². The van der Waals surface area contributed by atoms with Gasteiger partial charge in [-0.3, -0.25) is 9.58 Å². The molecule has 2 aliphatic rings. The molecule has 0 atom stereocenters. The maximum absolute atomic E-state index is 6.33. The summed E-state index contributed by atoms with van der Waals surface area (Å²) in [5.74, 6) is 0. The van der Waals surface area contributed by atoms with Gasteiger partial charge in [-0.05, 0) is 18.4 Å². The number of aryl methyl sites for hydroxylation is 1. The lowest BCUT2D eigenvalue weighted by molar-refractivity contribution is 0.228. The Labute approximate surface area is 162 Å². The zero-order valence-corrected chi connectivity index (χ0v) is 15.4. The number of aromatic nitrogens is 4. The number of halogens is 1. The molecule has 0 radical (unpaired) electrons. The largest absolute Gasteiger partial charge is 0.314 e. The highest BCUT2D eigenvalue weighted by atomic mass is 35.5. The van der Waals surface area contributed by atoms with Crippen LogP contribution in [0, 0.1) is 0 Å². The molecule has 1 fully saturated rings. The predicted octanol–water partition coefficient (Wildman–Crippen LogP) is 2.85. The second-order valence-electron chi connectivity index (χ2n) is 6.57. The van der Waals surface area contributed by atoms with Gasteiger partial charge in [-0.1, -0.05) is 19.0 Å². The molecule has 0 bridgehead atoms. The van der Waals surface area contributed by atoms with Crippen molar-refractivity contribution in [2.45, 2.75) is 26.8 Å². The molecule has 6 nitrogen and oxygen atoms in total. The quantitative estimate of drug-likeness (QED) is 0.697. The van der Waals surface area contributed by atoms with E-state index in [0.29, 0.717) is 5.15 Å². The van der Waals surface area contributed by atoms with Crippen molar-refractivity contribution in [2.24, 2.45) is 0 Å². The van der Waals surface area contributed by atoms with Gasteiger partial charge in [0.2, 0.25) is 0 Å². The molecule has 1 saturated heterocycles. The standard InChI is InChI=1S/C17H19ClN6S.CH4/c18-16-14-11-1-2-13-12(15(11)25-17(14)21-10-20-16)9-22-24(13)8-7-23-5-3-19-4-6-23;/h9-10,19H,1-8H2;1H4. The zero-order valence-electron chi connectivity index (χ0n) is 13.8. The fourth-order valence-corrected chi connectivity index (χ4v) is 5.41. The van der Waals surface area contributed by atoms with Gasteiger partial charge in [-0.25, -0.2) is 9.97 Å². The first-order valence-electron chi connectivity index (χ1n) is 8.71. The van der Waals surface area contributed by atoms with E-state index in [1.807, 2.05) is 6.20 Å². The molecular weight excluding hydrogens is 368 g/mol. The molecule has 3 aromatic heterocycles. The minimum Gasteiger partial charge on any atom is -0.314 e. The molecule has 1 aliphatic heterocycles. The predicted molar refractivity (Wildman–Crippen MR) is 107 cm³/mol. The van der Waals surface area contributed by atoms with Gasteiger partial charge in [0.1, 0.15) is 16.3 Å². The zero-order chi connectivity index (χ0) is 16.8. The highest BCUT2D eigenvalue weighted by molar-refractivity contribution is 7.22. The van der Waals surface area contributed by atoms with Crippen LogP contribution >= 0.6 is 22.9 Å². The van der Waals surface area contributed by atoms with Crippen molar-refractivity contribution in [2.75, 3.05) is 32.7 Å². The topological polar surface area (TPSA) is 58.9 Å². The fourth-order valence-electron chi connectivity index (χ4n) is 3.88. The van der Waals surface area contributed by atoms with E-state index >= 15 is 0 Å². The number of nitrogens with one attached hydrogen (secondary N) is 1. The summed E-state index contributed by atoms with van der Waals surface area (Å²) in [6.07, 6.45) is 5.54. The molecule has 0 saturated carbocycles. The van der Waals surface area contributed by atoms with Crippen molar-refractivity contribution < 1.29 is 0 Å². The Kier molecular flexibility index (Phi) is 4.96. The smallest absolute Gasteiger partial charge is 0.141 e. The first-order valence-corrected chi connectivity index (χ1v) is 9.90. The van der Waals surface area contributed by atoms with E-state index in [1.165, 1.54) is 21.7 Å². The van der Waals surface area contributed by atoms with Crippen LogP contribution in [0.2, 0.25) is 5.15 Å². The molecule has 8 heteroatoms. The summed E-state index contributed by atoms with van der Waals surface area (Å²) in [5, 5.41) is 9.68. The lowest BCUT2D eigenvalue weighted by Crippen LogP contribution is -2.44. The molecule has 4 heterocycles. The molecule has 0 amide bonds. The molecule has 26 heavy (non-hydrogen) atoms. The average Bonchev–Trinajstić information content (AvgIpc) is 3.22. The average molecular weight is 391 g/mol. The van der Waals surface area contributed by atoms with Gasteiger partial charge in [-0.15, -0.1) is 11.3 Å². The van der Waals surface area contributed by atoms with Crippen LogP contribution in [-0.4, -0.2) is 57.4 Å². The van der Waals surface area contributed by atoms with Crippen LogP contribution < -0.4 is 5.32 Å². The van der Waals surface area contributed by atoms with Crippen molar-refractivity contribution in [1.82, 2.24) is 30.0 Å². The monoisotopic (exact) mass is 390 g/mol. The normalized spacial score (nSPS) is 17.0. The van der Waals surface area contributed by atoms with Gasteiger partial charge in [0.05, 0.1) is 18.1 Å². The van der Waals surface area contributed by atoms with Gasteiger partial charge in [0.15, 0.2) is 0 Å². The SMILES string of the molecule is C.Clc1ncnc2sc3c(c12)CCc1c-3cnn1CCN1CCNCC1. The number of hydrogen-bond donors (Lipinski definition) is 1. The molecular formula is C18H23ClN6S. The van der Waals surface area contributed by atoms with Crippen LogP contribution in [0.3, 0.4) is 0 Å². The number of rotatable bonds is 3. The van der Waals surface area contributed by atoms with Crippen LogP contribution in [-0.2, 0) is 19.4 Å². The number of nitrogens with zero attached hydrogens (tertiary/aromatic N) is 5.